The highest BCUT2D eigenvalue weighted by molar-refractivity contribution is 5.81. The first kappa shape index (κ1) is 17.5. The normalized spacial score (nSPS) is 20.0. The van der Waals surface area contributed by atoms with Gasteiger partial charge in [0.15, 0.2) is 0 Å². The van der Waals surface area contributed by atoms with E-state index in [1.807, 2.05) is 11.1 Å². The predicted molar refractivity (Wildman–Crippen MR) is 107 cm³/mol. The summed E-state index contributed by atoms with van der Waals surface area (Å²) in [6.45, 7) is 5.99. The maximum Gasteiger partial charge on any atom is 0.409 e. The van der Waals surface area contributed by atoms with Gasteiger partial charge in [0.05, 0.1) is 6.54 Å². The molecule has 0 atom stereocenters. The van der Waals surface area contributed by atoms with Crippen molar-refractivity contribution >= 4 is 11.7 Å². The second-order valence-corrected chi connectivity index (χ2v) is 7.77. The molecule has 4 heterocycles. The zero-order valence-electron chi connectivity index (χ0n) is 16.1. The summed E-state index contributed by atoms with van der Waals surface area (Å²) in [5.41, 5.74) is 5.64. The summed E-state index contributed by atoms with van der Waals surface area (Å²) >= 11 is 0. The van der Waals surface area contributed by atoms with Crippen LogP contribution in [0.4, 0.5) is 4.79 Å². The Balaban J connectivity index is 1.36. The molecule has 1 aromatic heterocycles. The van der Waals surface area contributed by atoms with E-state index < -0.39 is 0 Å². The van der Waals surface area contributed by atoms with E-state index in [-0.39, 0.29) is 6.09 Å². The van der Waals surface area contributed by atoms with Crippen molar-refractivity contribution in [3.63, 3.8) is 0 Å². The van der Waals surface area contributed by atoms with Crippen LogP contribution in [0.2, 0.25) is 0 Å². The fraction of sp³-hybridized carbons (Fsp3) is 0.455. The van der Waals surface area contributed by atoms with Gasteiger partial charge in [-0.3, -0.25) is 0 Å². The molecule has 6 heteroatoms. The topological polar surface area (TPSA) is 50.6 Å². The molecule has 2 fully saturated rings. The first-order valence-corrected chi connectivity index (χ1v) is 10.3. The lowest BCUT2D eigenvalue weighted by Crippen LogP contribution is -2.38. The number of rotatable bonds is 3. The summed E-state index contributed by atoms with van der Waals surface area (Å²) in [6, 6.07) is 8.80. The van der Waals surface area contributed by atoms with E-state index in [1.54, 1.807) is 0 Å². The molecule has 0 saturated carbocycles. The van der Waals surface area contributed by atoms with Gasteiger partial charge >= 0.3 is 6.09 Å². The van der Waals surface area contributed by atoms with Gasteiger partial charge in [-0.15, -0.1) is 0 Å². The number of carbonyl (C=O) groups excluding carboxylic acids is 1. The molecule has 0 radical (unpaired) electrons. The monoisotopic (exact) mass is 378 g/mol. The standard InChI is InChI=1S/C22H26N4O2/c27-22-26(15-16-28-22)14-13-24-9-5-18(6-10-24)20-19-4-2-1-3-17(19)7-11-25-12-8-23-21(20)25/h1-4,8,12H,5-7,9-11,13-16H2. The Morgan fingerprint density at radius 2 is 1.86 bits per heavy atom. The van der Waals surface area contributed by atoms with Crippen molar-refractivity contribution < 1.29 is 9.53 Å². The molecule has 3 aliphatic rings. The van der Waals surface area contributed by atoms with Crippen molar-refractivity contribution in [2.24, 2.45) is 0 Å². The van der Waals surface area contributed by atoms with Crippen LogP contribution in [0.5, 0.6) is 0 Å². The predicted octanol–water partition coefficient (Wildman–Crippen LogP) is 2.79. The molecular formula is C22H26N4O2. The third-order valence-electron chi connectivity index (χ3n) is 6.19. The largest absolute Gasteiger partial charge is 0.448 e. The Morgan fingerprint density at radius 3 is 2.68 bits per heavy atom. The molecule has 0 spiro atoms. The Hall–Kier alpha value is -2.60. The van der Waals surface area contributed by atoms with Gasteiger partial charge in [-0.1, -0.05) is 29.8 Å². The number of carbonyl (C=O) groups is 1. The van der Waals surface area contributed by atoms with Crippen LogP contribution < -0.4 is 0 Å². The summed E-state index contributed by atoms with van der Waals surface area (Å²) in [6.07, 6.45) is 7.03. The maximum absolute atomic E-state index is 11.6. The lowest BCUT2D eigenvalue weighted by atomic mass is 9.90. The van der Waals surface area contributed by atoms with Crippen LogP contribution in [-0.2, 0) is 17.7 Å². The zero-order chi connectivity index (χ0) is 18.9. The highest BCUT2D eigenvalue weighted by Crippen LogP contribution is 2.35. The van der Waals surface area contributed by atoms with E-state index >= 15 is 0 Å². The minimum Gasteiger partial charge on any atom is -0.448 e. The molecule has 2 saturated heterocycles. The molecule has 0 aliphatic carbocycles. The molecule has 146 valence electrons. The maximum atomic E-state index is 11.6. The van der Waals surface area contributed by atoms with Crippen molar-refractivity contribution in [2.75, 3.05) is 39.3 Å². The first-order valence-electron chi connectivity index (χ1n) is 10.3. The van der Waals surface area contributed by atoms with Crippen LogP contribution in [-0.4, -0.2) is 64.8 Å². The van der Waals surface area contributed by atoms with Gasteiger partial charge in [-0.2, -0.15) is 0 Å². The van der Waals surface area contributed by atoms with E-state index in [1.165, 1.54) is 22.3 Å². The summed E-state index contributed by atoms with van der Waals surface area (Å²) < 4.78 is 7.32. The molecule has 1 aromatic carbocycles. The van der Waals surface area contributed by atoms with Crippen LogP contribution in [0.1, 0.15) is 29.8 Å². The number of likely N-dealkylation sites (tertiary alicyclic amines) is 1. The second-order valence-electron chi connectivity index (χ2n) is 7.77. The van der Waals surface area contributed by atoms with Crippen LogP contribution in [0.15, 0.2) is 42.2 Å². The molecule has 2 aromatic rings. The number of hydrogen-bond acceptors (Lipinski definition) is 4. The number of ether oxygens (including phenoxy) is 1. The van der Waals surface area contributed by atoms with Crippen LogP contribution in [0.25, 0.3) is 5.57 Å². The molecule has 28 heavy (non-hydrogen) atoms. The highest BCUT2D eigenvalue weighted by atomic mass is 16.6. The number of benzene rings is 1. The molecule has 1 amide bonds. The van der Waals surface area contributed by atoms with Crippen LogP contribution in [0, 0.1) is 0 Å². The summed E-state index contributed by atoms with van der Waals surface area (Å²) in [5, 5.41) is 0. The Kier molecular flexibility index (Phi) is 4.64. The first-order chi connectivity index (χ1) is 13.8. The SMILES string of the molecule is O=C1OCCN1CCN1CCC(=C2c3ccccc3CCn3ccnc32)CC1. The summed E-state index contributed by atoms with van der Waals surface area (Å²) in [5.74, 6) is 1.12. The lowest BCUT2D eigenvalue weighted by Gasteiger charge is -2.31. The van der Waals surface area contributed by atoms with E-state index in [0.717, 1.165) is 64.4 Å². The number of cyclic esters (lactones) is 1. The van der Waals surface area contributed by atoms with Crippen LogP contribution in [0.3, 0.4) is 0 Å². The van der Waals surface area contributed by atoms with Crippen molar-refractivity contribution in [1.82, 2.24) is 19.4 Å². The average Bonchev–Trinajstić information content (AvgIpc) is 3.32. The number of imidazole rings is 1. The van der Waals surface area contributed by atoms with E-state index in [4.69, 9.17) is 9.72 Å². The fourth-order valence-electron chi connectivity index (χ4n) is 4.60. The smallest absolute Gasteiger partial charge is 0.409 e. The molecule has 0 bridgehead atoms. The van der Waals surface area contributed by atoms with Crippen molar-refractivity contribution in [2.45, 2.75) is 25.8 Å². The fourth-order valence-corrected chi connectivity index (χ4v) is 4.60. The third kappa shape index (κ3) is 3.22. The second kappa shape index (κ2) is 7.43. The Labute approximate surface area is 165 Å². The minimum absolute atomic E-state index is 0.165. The zero-order valence-corrected chi connectivity index (χ0v) is 16.1. The van der Waals surface area contributed by atoms with Gasteiger partial charge in [0, 0.05) is 50.7 Å². The number of aryl methyl sites for hydroxylation is 2. The molecule has 0 N–H and O–H groups in total. The highest BCUT2D eigenvalue weighted by Gasteiger charge is 2.26. The van der Waals surface area contributed by atoms with Crippen molar-refractivity contribution in [1.29, 1.82) is 0 Å². The molecular weight excluding hydrogens is 352 g/mol. The third-order valence-corrected chi connectivity index (χ3v) is 6.19. The molecule has 3 aliphatic heterocycles. The number of amides is 1. The summed E-state index contributed by atoms with van der Waals surface area (Å²) in [7, 11) is 0. The average molecular weight is 378 g/mol. The molecule has 0 unspecified atom stereocenters. The van der Waals surface area contributed by atoms with Gasteiger partial charge in [-0.05, 0) is 30.4 Å². The quantitative estimate of drug-likeness (QED) is 0.824. The number of fused-ring (bicyclic) bond motifs is 2. The van der Waals surface area contributed by atoms with E-state index in [0.29, 0.717) is 6.61 Å². The Bertz CT molecular complexity index is 907. The van der Waals surface area contributed by atoms with E-state index in [9.17, 15) is 4.79 Å². The van der Waals surface area contributed by atoms with Gasteiger partial charge in [-0.25, -0.2) is 9.78 Å². The number of hydrogen-bond donors (Lipinski definition) is 0. The van der Waals surface area contributed by atoms with Gasteiger partial charge in [0.2, 0.25) is 0 Å². The Morgan fingerprint density at radius 1 is 1.00 bits per heavy atom. The van der Waals surface area contributed by atoms with Gasteiger partial charge < -0.3 is 19.1 Å². The molecule has 5 rings (SSSR count). The van der Waals surface area contributed by atoms with Gasteiger partial charge in [0.25, 0.3) is 0 Å². The number of piperidine rings is 1. The minimum atomic E-state index is -0.165. The summed E-state index contributed by atoms with van der Waals surface area (Å²) in [4.78, 5) is 20.6. The molecule has 6 nitrogen and oxygen atoms in total. The van der Waals surface area contributed by atoms with Crippen LogP contribution >= 0.6 is 0 Å². The number of nitrogens with zero attached hydrogens (tertiary/aromatic N) is 4. The van der Waals surface area contributed by atoms with Crippen molar-refractivity contribution in [3.05, 3.63) is 59.2 Å². The van der Waals surface area contributed by atoms with Gasteiger partial charge in [0.1, 0.15) is 12.4 Å². The lowest BCUT2D eigenvalue weighted by molar-refractivity contribution is 0.152. The van der Waals surface area contributed by atoms with Crippen molar-refractivity contribution in [3.8, 4) is 0 Å². The number of aromatic nitrogens is 2. The van der Waals surface area contributed by atoms with E-state index in [2.05, 4.69) is 39.9 Å².